The number of halogens is 1. The lowest BCUT2D eigenvalue weighted by molar-refractivity contribution is -0.128. The van der Waals surface area contributed by atoms with E-state index in [1.54, 1.807) is 20.8 Å². The van der Waals surface area contributed by atoms with E-state index in [0.29, 0.717) is 11.4 Å². The summed E-state index contributed by atoms with van der Waals surface area (Å²) in [7, 11) is 0. The predicted molar refractivity (Wildman–Crippen MR) is 108 cm³/mol. The molecule has 2 rings (SSSR count). The Morgan fingerprint density at radius 2 is 1.53 bits per heavy atom. The third-order valence-electron chi connectivity index (χ3n) is 3.59. The lowest BCUT2D eigenvalue weighted by Gasteiger charge is -2.19. The first-order valence-corrected chi connectivity index (χ1v) is 9.16. The van der Waals surface area contributed by atoms with Gasteiger partial charge in [-0.3, -0.25) is 25.8 Å². The number of hydrazine groups is 1. The molecule has 3 N–H and O–H groups in total. The van der Waals surface area contributed by atoms with E-state index in [1.165, 1.54) is 55.5 Å². The molecule has 3 amide bonds. The second kappa shape index (κ2) is 9.73. The molecule has 0 aliphatic rings. The van der Waals surface area contributed by atoms with Crippen LogP contribution in [-0.2, 0) is 9.53 Å². The van der Waals surface area contributed by atoms with Crippen molar-refractivity contribution in [2.75, 3.05) is 5.32 Å². The highest BCUT2D eigenvalue weighted by molar-refractivity contribution is 5.96. The van der Waals surface area contributed by atoms with Gasteiger partial charge >= 0.3 is 6.09 Å². The van der Waals surface area contributed by atoms with E-state index in [1.807, 2.05) is 0 Å². The number of rotatable bonds is 5. The molecular weight excluding hydrogens is 393 g/mol. The van der Waals surface area contributed by atoms with Gasteiger partial charge in [0, 0.05) is 11.3 Å². The molecular formula is C21H24FN3O5. The van der Waals surface area contributed by atoms with Gasteiger partial charge in [0.05, 0.1) is 0 Å². The van der Waals surface area contributed by atoms with Crippen LogP contribution in [0.2, 0.25) is 0 Å². The molecule has 0 bridgehead atoms. The van der Waals surface area contributed by atoms with Crippen LogP contribution in [0.5, 0.6) is 5.75 Å². The van der Waals surface area contributed by atoms with Crippen LogP contribution in [0.3, 0.4) is 0 Å². The van der Waals surface area contributed by atoms with E-state index in [2.05, 4.69) is 16.2 Å². The van der Waals surface area contributed by atoms with Crippen molar-refractivity contribution >= 4 is 23.6 Å². The molecule has 2 aromatic rings. The summed E-state index contributed by atoms with van der Waals surface area (Å²) in [4.78, 5) is 36.0. The Kier molecular flexibility index (Phi) is 7.35. The highest BCUT2D eigenvalue weighted by Gasteiger charge is 2.17. The van der Waals surface area contributed by atoms with Gasteiger partial charge in [0.1, 0.15) is 17.2 Å². The maximum atomic E-state index is 12.9. The van der Waals surface area contributed by atoms with Gasteiger partial charge in [-0.15, -0.1) is 0 Å². The molecule has 0 unspecified atom stereocenters. The average Bonchev–Trinajstić information content (AvgIpc) is 2.66. The quantitative estimate of drug-likeness (QED) is 0.647. The normalized spacial score (nSPS) is 11.8. The summed E-state index contributed by atoms with van der Waals surface area (Å²) in [6, 6.07) is 11.2. The standard InChI is InChI=1S/C21H24FN3O5/c1-13(29-17-11-7-15(22)8-12-17)18(26)24-25-19(27)14-5-9-16(10-6-14)23-20(28)30-21(2,3)4/h5-13H,1-4H3,(H,23,28)(H,24,26)(H,25,27)/t13-/m0/s1. The minimum absolute atomic E-state index is 0.261. The van der Waals surface area contributed by atoms with E-state index in [0.717, 1.165) is 0 Å². The molecule has 2 aromatic carbocycles. The van der Waals surface area contributed by atoms with E-state index in [9.17, 15) is 18.8 Å². The molecule has 30 heavy (non-hydrogen) atoms. The van der Waals surface area contributed by atoms with Gasteiger partial charge in [-0.2, -0.15) is 0 Å². The summed E-state index contributed by atoms with van der Waals surface area (Å²) in [6.45, 7) is 6.74. The van der Waals surface area contributed by atoms with Crippen LogP contribution >= 0.6 is 0 Å². The van der Waals surface area contributed by atoms with Gasteiger partial charge in [-0.1, -0.05) is 0 Å². The number of benzene rings is 2. The number of nitrogens with one attached hydrogen (secondary N) is 3. The fourth-order valence-electron chi connectivity index (χ4n) is 2.19. The SMILES string of the molecule is C[C@H](Oc1ccc(F)cc1)C(=O)NNC(=O)c1ccc(NC(=O)OC(C)(C)C)cc1. The number of hydrogen-bond acceptors (Lipinski definition) is 5. The van der Waals surface area contributed by atoms with Crippen LogP contribution in [0.15, 0.2) is 48.5 Å². The molecule has 0 heterocycles. The third kappa shape index (κ3) is 7.42. The molecule has 0 saturated carbocycles. The van der Waals surface area contributed by atoms with Gasteiger partial charge in [0.15, 0.2) is 6.10 Å². The smallest absolute Gasteiger partial charge is 0.412 e. The van der Waals surface area contributed by atoms with Crippen molar-refractivity contribution in [3.8, 4) is 5.75 Å². The number of hydrogen-bond donors (Lipinski definition) is 3. The fourth-order valence-corrected chi connectivity index (χ4v) is 2.19. The first-order valence-electron chi connectivity index (χ1n) is 9.16. The second-order valence-corrected chi connectivity index (χ2v) is 7.36. The number of carbonyl (C=O) groups excluding carboxylic acids is 3. The Bertz CT molecular complexity index is 892. The van der Waals surface area contributed by atoms with Crippen LogP contribution in [0, 0.1) is 5.82 Å². The Balaban J connectivity index is 1.83. The largest absolute Gasteiger partial charge is 0.481 e. The summed E-state index contributed by atoms with van der Waals surface area (Å²) in [5, 5.41) is 2.55. The zero-order valence-corrected chi connectivity index (χ0v) is 17.1. The fraction of sp³-hybridized carbons (Fsp3) is 0.286. The molecule has 8 nitrogen and oxygen atoms in total. The molecule has 0 aliphatic carbocycles. The van der Waals surface area contributed by atoms with Gasteiger partial charge in [-0.05, 0) is 76.2 Å². The highest BCUT2D eigenvalue weighted by Crippen LogP contribution is 2.14. The van der Waals surface area contributed by atoms with Gasteiger partial charge < -0.3 is 9.47 Å². The Hall–Kier alpha value is -3.62. The van der Waals surface area contributed by atoms with E-state index >= 15 is 0 Å². The Labute approximate surface area is 173 Å². The van der Waals surface area contributed by atoms with E-state index in [4.69, 9.17) is 9.47 Å². The molecule has 0 aromatic heterocycles. The second-order valence-electron chi connectivity index (χ2n) is 7.36. The molecule has 0 radical (unpaired) electrons. The molecule has 0 spiro atoms. The minimum Gasteiger partial charge on any atom is -0.481 e. The van der Waals surface area contributed by atoms with Crippen molar-refractivity contribution in [1.82, 2.24) is 10.9 Å². The molecule has 0 fully saturated rings. The highest BCUT2D eigenvalue weighted by atomic mass is 19.1. The van der Waals surface area contributed by atoms with Crippen LogP contribution in [0.4, 0.5) is 14.9 Å². The number of anilines is 1. The van der Waals surface area contributed by atoms with Gasteiger partial charge in [0.2, 0.25) is 0 Å². The van der Waals surface area contributed by atoms with Crippen LogP contribution < -0.4 is 20.9 Å². The molecule has 0 aliphatic heterocycles. The first kappa shape index (κ1) is 22.7. The lowest BCUT2D eigenvalue weighted by Crippen LogP contribution is -2.47. The molecule has 1 atom stereocenters. The summed E-state index contributed by atoms with van der Waals surface area (Å²) < 4.78 is 23.4. The number of carbonyl (C=O) groups is 3. The Morgan fingerprint density at radius 1 is 0.933 bits per heavy atom. The average molecular weight is 417 g/mol. The summed E-state index contributed by atoms with van der Waals surface area (Å²) in [5.74, 6) is -1.24. The van der Waals surface area contributed by atoms with Crippen molar-refractivity contribution in [3.05, 3.63) is 59.9 Å². The topological polar surface area (TPSA) is 106 Å². The Morgan fingerprint density at radius 3 is 2.10 bits per heavy atom. The third-order valence-corrected chi connectivity index (χ3v) is 3.59. The minimum atomic E-state index is -0.920. The summed E-state index contributed by atoms with van der Waals surface area (Å²) >= 11 is 0. The maximum Gasteiger partial charge on any atom is 0.412 e. The lowest BCUT2D eigenvalue weighted by atomic mass is 10.2. The van der Waals surface area contributed by atoms with Crippen molar-refractivity contribution in [3.63, 3.8) is 0 Å². The van der Waals surface area contributed by atoms with Crippen LogP contribution in [0.1, 0.15) is 38.1 Å². The van der Waals surface area contributed by atoms with Crippen molar-refractivity contribution in [1.29, 1.82) is 0 Å². The molecule has 9 heteroatoms. The zero-order valence-electron chi connectivity index (χ0n) is 17.1. The predicted octanol–water partition coefficient (Wildman–Crippen LogP) is 3.40. The number of ether oxygens (including phenoxy) is 2. The summed E-state index contributed by atoms with van der Waals surface area (Å²) in [6.07, 6.45) is -1.53. The van der Waals surface area contributed by atoms with Crippen molar-refractivity contribution in [2.45, 2.75) is 39.4 Å². The summed E-state index contributed by atoms with van der Waals surface area (Å²) in [5.41, 5.74) is 4.62. The van der Waals surface area contributed by atoms with E-state index in [-0.39, 0.29) is 5.56 Å². The maximum absolute atomic E-state index is 12.9. The van der Waals surface area contributed by atoms with Crippen molar-refractivity contribution in [2.24, 2.45) is 0 Å². The monoisotopic (exact) mass is 417 g/mol. The number of amides is 3. The van der Waals surface area contributed by atoms with Crippen molar-refractivity contribution < 1.29 is 28.2 Å². The molecule has 0 saturated heterocycles. The zero-order chi connectivity index (χ0) is 22.3. The van der Waals surface area contributed by atoms with E-state index < -0.39 is 35.4 Å². The van der Waals surface area contributed by atoms with Crippen LogP contribution in [0.25, 0.3) is 0 Å². The molecule has 160 valence electrons. The van der Waals surface area contributed by atoms with Crippen LogP contribution in [-0.4, -0.2) is 29.6 Å². The van der Waals surface area contributed by atoms with Gasteiger partial charge in [-0.25, -0.2) is 9.18 Å². The van der Waals surface area contributed by atoms with Gasteiger partial charge in [0.25, 0.3) is 11.8 Å². The first-order chi connectivity index (χ1) is 14.0.